The zero-order valence-electron chi connectivity index (χ0n) is 11.5. The van der Waals surface area contributed by atoms with Crippen LogP contribution in [0.5, 0.6) is 0 Å². The highest BCUT2D eigenvalue weighted by Gasteiger charge is 2.33. The number of nitro benzene ring substituents is 1. The molecule has 0 saturated heterocycles. The maximum atomic E-state index is 11.6. The second-order valence-corrected chi connectivity index (χ2v) is 7.68. The molecular weight excluding hydrogens is 280 g/mol. The molecule has 1 aromatic rings. The Morgan fingerprint density at radius 2 is 2.05 bits per heavy atom. The summed E-state index contributed by atoms with van der Waals surface area (Å²) in [4.78, 5) is 10.3. The molecule has 0 unspecified atom stereocenters. The molecule has 0 bridgehead atoms. The number of nitrogens with zero attached hydrogens (tertiary/aromatic N) is 1. The van der Waals surface area contributed by atoms with Gasteiger partial charge >= 0.3 is 5.69 Å². The van der Waals surface area contributed by atoms with Crippen molar-refractivity contribution >= 4 is 21.2 Å². The molecule has 0 radical (unpaired) electrons. The highest BCUT2D eigenvalue weighted by atomic mass is 32.2. The average molecular weight is 298 g/mol. The summed E-state index contributed by atoms with van der Waals surface area (Å²) in [6.45, 7) is 2.73. The molecule has 1 aromatic carbocycles. The van der Waals surface area contributed by atoms with E-state index in [1.807, 2.05) is 0 Å². The fraction of sp³-hybridized carbons (Fsp3) is 0.538. The Morgan fingerprint density at radius 1 is 1.40 bits per heavy atom. The van der Waals surface area contributed by atoms with E-state index in [9.17, 15) is 18.5 Å². The third-order valence-electron chi connectivity index (χ3n) is 3.85. The van der Waals surface area contributed by atoms with Crippen molar-refractivity contribution < 1.29 is 13.3 Å². The van der Waals surface area contributed by atoms with E-state index >= 15 is 0 Å². The number of nitro groups is 1. The van der Waals surface area contributed by atoms with Crippen LogP contribution < -0.4 is 5.32 Å². The van der Waals surface area contributed by atoms with Gasteiger partial charge < -0.3 is 5.32 Å². The van der Waals surface area contributed by atoms with Gasteiger partial charge in [-0.05, 0) is 30.4 Å². The fourth-order valence-corrected chi connectivity index (χ4v) is 3.28. The minimum atomic E-state index is -3.63. The summed E-state index contributed by atoms with van der Waals surface area (Å²) in [6, 6.07) is 4.34. The molecule has 110 valence electrons. The van der Waals surface area contributed by atoms with Gasteiger partial charge in [-0.1, -0.05) is 19.4 Å². The molecule has 1 saturated carbocycles. The van der Waals surface area contributed by atoms with Crippen molar-refractivity contribution in [1.82, 2.24) is 0 Å². The van der Waals surface area contributed by atoms with Crippen LogP contribution in [-0.2, 0) is 9.84 Å². The first kappa shape index (κ1) is 14.8. The van der Waals surface area contributed by atoms with Crippen molar-refractivity contribution in [2.45, 2.75) is 31.1 Å². The predicted octanol–water partition coefficient (Wildman–Crippen LogP) is 2.60. The quantitative estimate of drug-likeness (QED) is 0.666. The first-order valence-electron chi connectivity index (χ1n) is 6.44. The van der Waals surface area contributed by atoms with Crippen LogP contribution in [0.15, 0.2) is 23.1 Å². The highest BCUT2D eigenvalue weighted by Crippen LogP contribution is 2.41. The van der Waals surface area contributed by atoms with Crippen LogP contribution in [0.1, 0.15) is 26.2 Å². The van der Waals surface area contributed by atoms with Gasteiger partial charge in [0.25, 0.3) is 0 Å². The number of nitrogens with one attached hydrogen (secondary N) is 1. The molecular formula is C13H18N2O4S. The van der Waals surface area contributed by atoms with Crippen molar-refractivity contribution in [3.63, 3.8) is 0 Å². The van der Waals surface area contributed by atoms with Crippen LogP contribution in [-0.4, -0.2) is 26.1 Å². The molecule has 2 rings (SSSR count). The second-order valence-electron chi connectivity index (χ2n) is 5.70. The zero-order valence-corrected chi connectivity index (χ0v) is 12.4. The summed E-state index contributed by atoms with van der Waals surface area (Å²) in [6.07, 6.45) is 4.31. The second kappa shape index (κ2) is 5.05. The van der Waals surface area contributed by atoms with Crippen molar-refractivity contribution in [1.29, 1.82) is 0 Å². The molecule has 20 heavy (non-hydrogen) atoms. The molecule has 0 aliphatic heterocycles. The van der Waals surface area contributed by atoms with Gasteiger partial charge in [0.15, 0.2) is 9.84 Å². The van der Waals surface area contributed by atoms with Crippen LogP contribution in [0, 0.1) is 15.5 Å². The van der Waals surface area contributed by atoms with Gasteiger partial charge in [0.1, 0.15) is 10.6 Å². The van der Waals surface area contributed by atoms with Gasteiger partial charge in [-0.25, -0.2) is 8.42 Å². The third kappa shape index (κ3) is 2.92. The lowest BCUT2D eigenvalue weighted by molar-refractivity contribution is -0.386. The summed E-state index contributed by atoms with van der Waals surface area (Å²) in [7, 11) is -3.63. The molecule has 0 amide bonds. The third-order valence-corrected chi connectivity index (χ3v) is 4.98. The molecule has 0 aromatic heterocycles. The van der Waals surface area contributed by atoms with Crippen LogP contribution >= 0.6 is 0 Å². The minimum Gasteiger partial charge on any atom is -0.379 e. The number of anilines is 1. The lowest BCUT2D eigenvalue weighted by atomic mass is 9.70. The van der Waals surface area contributed by atoms with Crippen molar-refractivity contribution in [2.75, 3.05) is 18.1 Å². The Balaban J connectivity index is 2.35. The number of rotatable bonds is 5. The molecule has 1 aliphatic carbocycles. The lowest BCUT2D eigenvalue weighted by Crippen LogP contribution is -2.33. The van der Waals surface area contributed by atoms with E-state index in [2.05, 4.69) is 12.2 Å². The fourth-order valence-electron chi connectivity index (χ4n) is 2.42. The van der Waals surface area contributed by atoms with Gasteiger partial charge in [0.2, 0.25) is 0 Å². The Bertz CT molecular complexity index is 636. The summed E-state index contributed by atoms with van der Waals surface area (Å²) in [5.74, 6) is 0. The van der Waals surface area contributed by atoms with Gasteiger partial charge in [-0.3, -0.25) is 10.1 Å². The zero-order chi connectivity index (χ0) is 15.0. The van der Waals surface area contributed by atoms with Crippen molar-refractivity contribution in [3.8, 4) is 0 Å². The van der Waals surface area contributed by atoms with E-state index in [0.717, 1.165) is 19.1 Å². The van der Waals surface area contributed by atoms with E-state index in [-0.39, 0.29) is 21.7 Å². The molecule has 1 aliphatic rings. The average Bonchev–Trinajstić information content (AvgIpc) is 2.32. The van der Waals surface area contributed by atoms with Gasteiger partial charge in [0.05, 0.1) is 4.92 Å². The van der Waals surface area contributed by atoms with E-state index in [1.54, 1.807) is 6.07 Å². The molecule has 0 heterocycles. The van der Waals surface area contributed by atoms with Crippen molar-refractivity contribution in [2.24, 2.45) is 5.41 Å². The monoisotopic (exact) mass is 298 g/mol. The normalized spacial score (nSPS) is 17.3. The summed E-state index contributed by atoms with van der Waals surface area (Å²) >= 11 is 0. The summed E-state index contributed by atoms with van der Waals surface area (Å²) < 4.78 is 23.3. The predicted molar refractivity (Wildman–Crippen MR) is 76.7 cm³/mol. The standard InChI is InChI=1S/C13H18N2O4S/c1-13(7-4-8-13)9-14-10-5-3-6-11(20(2,18)19)12(10)15(16)17/h3,5-6,14H,4,7-9H2,1-2H3. The Labute approximate surface area is 118 Å². The van der Waals surface area contributed by atoms with E-state index in [0.29, 0.717) is 6.54 Å². The lowest BCUT2D eigenvalue weighted by Gasteiger charge is -2.38. The first-order chi connectivity index (χ1) is 9.23. The van der Waals surface area contributed by atoms with E-state index < -0.39 is 14.8 Å². The van der Waals surface area contributed by atoms with Crippen molar-refractivity contribution in [3.05, 3.63) is 28.3 Å². The minimum absolute atomic E-state index is 0.148. The molecule has 1 fully saturated rings. The van der Waals surface area contributed by atoms with Crippen LogP contribution in [0.25, 0.3) is 0 Å². The number of hydrogen-bond acceptors (Lipinski definition) is 5. The Morgan fingerprint density at radius 3 is 2.50 bits per heavy atom. The molecule has 7 heteroatoms. The van der Waals surface area contributed by atoms with Gasteiger partial charge in [-0.15, -0.1) is 0 Å². The summed E-state index contributed by atoms with van der Waals surface area (Å²) in [5, 5.41) is 14.2. The highest BCUT2D eigenvalue weighted by molar-refractivity contribution is 7.90. The van der Waals surface area contributed by atoms with Gasteiger partial charge in [-0.2, -0.15) is 0 Å². The largest absolute Gasteiger partial charge is 0.379 e. The topological polar surface area (TPSA) is 89.3 Å². The number of hydrogen-bond donors (Lipinski definition) is 1. The van der Waals surface area contributed by atoms with Crippen LogP contribution in [0.2, 0.25) is 0 Å². The molecule has 6 nitrogen and oxygen atoms in total. The molecule has 0 spiro atoms. The van der Waals surface area contributed by atoms with Crippen LogP contribution in [0.3, 0.4) is 0 Å². The molecule has 1 N–H and O–H groups in total. The number of sulfone groups is 1. The first-order valence-corrected chi connectivity index (χ1v) is 8.33. The van der Waals surface area contributed by atoms with Crippen LogP contribution in [0.4, 0.5) is 11.4 Å². The Kier molecular flexibility index (Phi) is 3.73. The smallest absolute Gasteiger partial charge is 0.310 e. The summed E-state index contributed by atoms with van der Waals surface area (Å²) in [5.41, 5.74) is 0.0542. The van der Waals surface area contributed by atoms with E-state index in [4.69, 9.17) is 0 Å². The Hall–Kier alpha value is -1.63. The van der Waals surface area contributed by atoms with E-state index in [1.165, 1.54) is 18.6 Å². The maximum Gasteiger partial charge on any atom is 0.310 e. The SMILES string of the molecule is CC1(CNc2cccc(S(C)(=O)=O)c2[N+](=O)[O-])CCC1. The number of para-hydroxylation sites is 1. The van der Waals surface area contributed by atoms with Gasteiger partial charge in [0, 0.05) is 12.8 Å². The molecule has 0 atom stereocenters. The number of benzene rings is 1. The maximum absolute atomic E-state index is 11.6.